The largest absolute Gasteiger partial charge is 0.325 e. The summed E-state index contributed by atoms with van der Waals surface area (Å²) in [6.45, 7) is 0. The lowest BCUT2D eigenvalue weighted by Crippen LogP contribution is -2.13. The van der Waals surface area contributed by atoms with Crippen LogP contribution in [0.4, 0.5) is 5.69 Å². The van der Waals surface area contributed by atoms with Gasteiger partial charge in [-0.1, -0.05) is 29.8 Å². The molecule has 1 atom stereocenters. The van der Waals surface area contributed by atoms with Gasteiger partial charge in [0, 0.05) is 22.3 Å². The standard InChI is InChI=1S/C17H11ClN2O/c18-12-4-5-13-15(9-12)20-17(21)16(13)11-3-6-14-10(8-11)2-1-7-19-14/h1-9,16H,(H,20,21). The number of amides is 1. The lowest BCUT2D eigenvalue weighted by molar-refractivity contribution is -0.116. The third-order valence-corrected chi connectivity index (χ3v) is 4.04. The molecule has 0 bridgehead atoms. The topological polar surface area (TPSA) is 42.0 Å². The zero-order valence-electron chi connectivity index (χ0n) is 11.0. The van der Waals surface area contributed by atoms with E-state index in [9.17, 15) is 4.79 Å². The molecule has 21 heavy (non-hydrogen) atoms. The summed E-state index contributed by atoms with van der Waals surface area (Å²) in [4.78, 5) is 16.6. The minimum Gasteiger partial charge on any atom is -0.325 e. The van der Waals surface area contributed by atoms with Crippen LogP contribution in [0, 0.1) is 0 Å². The molecule has 1 N–H and O–H groups in total. The second-order valence-corrected chi connectivity index (χ2v) is 5.55. The normalized spacial score (nSPS) is 16.8. The number of benzene rings is 2. The van der Waals surface area contributed by atoms with Gasteiger partial charge >= 0.3 is 0 Å². The first-order valence-electron chi connectivity index (χ1n) is 6.67. The third-order valence-electron chi connectivity index (χ3n) is 3.81. The first kappa shape index (κ1) is 12.4. The highest BCUT2D eigenvalue weighted by Gasteiger charge is 2.31. The number of halogens is 1. The zero-order valence-corrected chi connectivity index (χ0v) is 11.8. The third kappa shape index (κ3) is 1.98. The van der Waals surface area contributed by atoms with Gasteiger partial charge in [-0.25, -0.2) is 0 Å². The van der Waals surface area contributed by atoms with Crippen LogP contribution in [0.1, 0.15) is 17.0 Å². The van der Waals surface area contributed by atoms with Gasteiger partial charge in [0.1, 0.15) is 0 Å². The summed E-state index contributed by atoms with van der Waals surface area (Å²) >= 11 is 5.98. The Morgan fingerprint density at radius 1 is 1.10 bits per heavy atom. The second-order valence-electron chi connectivity index (χ2n) is 5.11. The maximum atomic E-state index is 12.3. The van der Waals surface area contributed by atoms with Gasteiger partial charge in [0.25, 0.3) is 0 Å². The fraction of sp³-hybridized carbons (Fsp3) is 0.0588. The summed E-state index contributed by atoms with van der Waals surface area (Å²) in [6.07, 6.45) is 1.77. The Labute approximate surface area is 126 Å². The molecule has 1 aliphatic heterocycles. The molecule has 0 radical (unpaired) electrons. The number of anilines is 1. The minimum absolute atomic E-state index is 0.0180. The maximum absolute atomic E-state index is 12.3. The molecule has 102 valence electrons. The summed E-state index contributed by atoms with van der Waals surface area (Å²) in [5.41, 5.74) is 3.65. The van der Waals surface area contributed by atoms with Gasteiger partial charge in [-0.05, 0) is 41.5 Å². The van der Waals surface area contributed by atoms with Crippen molar-refractivity contribution in [2.45, 2.75) is 5.92 Å². The molecule has 0 fully saturated rings. The van der Waals surface area contributed by atoms with Crippen LogP contribution < -0.4 is 5.32 Å². The van der Waals surface area contributed by atoms with Crippen LogP contribution in [0.25, 0.3) is 10.9 Å². The molecular weight excluding hydrogens is 284 g/mol. The first-order valence-corrected chi connectivity index (χ1v) is 7.05. The monoisotopic (exact) mass is 294 g/mol. The summed E-state index contributed by atoms with van der Waals surface area (Å²) in [6, 6.07) is 15.3. The Hall–Kier alpha value is -2.39. The molecule has 1 amide bonds. The Balaban J connectivity index is 1.87. The van der Waals surface area contributed by atoms with Crippen molar-refractivity contribution in [3.8, 4) is 0 Å². The number of nitrogens with one attached hydrogen (secondary N) is 1. The fourth-order valence-corrected chi connectivity index (χ4v) is 3.01. The molecule has 1 aliphatic rings. The second kappa shape index (κ2) is 4.57. The minimum atomic E-state index is -0.290. The quantitative estimate of drug-likeness (QED) is 0.738. The van der Waals surface area contributed by atoms with Gasteiger partial charge in [0.2, 0.25) is 5.91 Å². The number of rotatable bonds is 1. The predicted octanol–water partition coefficient (Wildman–Crippen LogP) is 3.97. The maximum Gasteiger partial charge on any atom is 0.236 e. The van der Waals surface area contributed by atoms with Gasteiger partial charge in [0.15, 0.2) is 0 Å². The van der Waals surface area contributed by atoms with Crippen LogP contribution in [0.15, 0.2) is 54.7 Å². The molecule has 4 heteroatoms. The fourth-order valence-electron chi connectivity index (χ4n) is 2.84. The molecule has 0 aliphatic carbocycles. The van der Waals surface area contributed by atoms with Crippen LogP contribution in [0.3, 0.4) is 0 Å². The molecule has 1 unspecified atom stereocenters. The van der Waals surface area contributed by atoms with Crippen LogP contribution in [0.2, 0.25) is 5.02 Å². The predicted molar refractivity (Wildman–Crippen MR) is 83.7 cm³/mol. The SMILES string of the molecule is O=C1Nc2cc(Cl)ccc2C1c1ccc2ncccc2c1. The van der Waals surface area contributed by atoms with Crippen molar-refractivity contribution < 1.29 is 4.79 Å². The van der Waals surface area contributed by atoms with Crippen molar-refractivity contribution >= 4 is 34.1 Å². The van der Waals surface area contributed by atoms with E-state index in [0.29, 0.717) is 5.02 Å². The van der Waals surface area contributed by atoms with E-state index >= 15 is 0 Å². The van der Waals surface area contributed by atoms with Crippen LogP contribution >= 0.6 is 11.6 Å². The molecular formula is C17H11ClN2O. The lowest BCUT2D eigenvalue weighted by atomic mass is 9.92. The average molecular weight is 295 g/mol. The highest BCUT2D eigenvalue weighted by atomic mass is 35.5. The molecule has 2 heterocycles. The van der Waals surface area contributed by atoms with Gasteiger partial charge in [-0.3, -0.25) is 9.78 Å². The Morgan fingerprint density at radius 3 is 2.90 bits per heavy atom. The van der Waals surface area contributed by atoms with E-state index in [0.717, 1.165) is 27.7 Å². The van der Waals surface area contributed by atoms with E-state index in [-0.39, 0.29) is 11.8 Å². The molecule has 1 aromatic heterocycles. The smallest absolute Gasteiger partial charge is 0.236 e. The van der Waals surface area contributed by atoms with Crippen LogP contribution in [-0.4, -0.2) is 10.9 Å². The molecule has 0 saturated heterocycles. The number of aromatic nitrogens is 1. The van der Waals surface area contributed by atoms with Crippen molar-refractivity contribution in [2.24, 2.45) is 0 Å². The molecule has 3 aromatic rings. The van der Waals surface area contributed by atoms with Crippen molar-refractivity contribution in [1.82, 2.24) is 4.98 Å². The summed E-state index contributed by atoms with van der Waals surface area (Å²) in [5, 5.41) is 4.55. The first-order chi connectivity index (χ1) is 10.2. The van der Waals surface area contributed by atoms with Crippen molar-refractivity contribution in [3.63, 3.8) is 0 Å². The Morgan fingerprint density at radius 2 is 2.00 bits per heavy atom. The van der Waals surface area contributed by atoms with Gasteiger partial charge in [-0.15, -0.1) is 0 Å². The van der Waals surface area contributed by atoms with Crippen LogP contribution in [0.5, 0.6) is 0 Å². The molecule has 2 aromatic carbocycles. The van der Waals surface area contributed by atoms with Crippen molar-refractivity contribution in [3.05, 3.63) is 70.9 Å². The summed E-state index contributed by atoms with van der Waals surface area (Å²) < 4.78 is 0. The highest BCUT2D eigenvalue weighted by molar-refractivity contribution is 6.31. The Bertz CT molecular complexity index is 876. The van der Waals surface area contributed by atoms with Crippen molar-refractivity contribution in [2.75, 3.05) is 5.32 Å². The van der Waals surface area contributed by atoms with E-state index < -0.39 is 0 Å². The number of carbonyl (C=O) groups excluding carboxylic acids is 1. The Kier molecular flexibility index (Phi) is 2.69. The molecule has 3 nitrogen and oxygen atoms in total. The number of hydrogen-bond donors (Lipinski definition) is 1. The van der Waals surface area contributed by atoms with E-state index in [1.54, 1.807) is 12.3 Å². The number of fused-ring (bicyclic) bond motifs is 2. The lowest BCUT2D eigenvalue weighted by Gasteiger charge is -2.10. The molecule has 0 saturated carbocycles. The average Bonchev–Trinajstić information content (AvgIpc) is 2.81. The van der Waals surface area contributed by atoms with Gasteiger partial charge < -0.3 is 5.32 Å². The molecule has 0 spiro atoms. The van der Waals surface area contributed by atoms with Gasteiger partial charge in [0.05, 0.1) is 11.4 Å². The molecule has 4 rings (SSSR count). The summed E-state index contributed by atoms with van der Waals surface area (Å²) in [7, 11) is 0. The van der Waals surface area contributed by atoms with E-state index in [4.69, 9.17) is 11.6 Å². The van der Waals surface area contributed by atoms with E-state index in [1.165, 1.54) is 0 Å². The number of pyridine rings is 1. The van der Waals surface area contributed by atoms with E-state index in [1.807, 2.05) is 42.5 Å². The van der Waals surface area contributed by atoms with Gasteiger partial charge in [-0.2, -0.15) is 0 Å². The zero-order chi connectivity index (χ0) is 14.4. The van der Waals surface area contributed by atoms with Crippen molar-refractivity contribution in [1.29, 1.82) is 0 Å². The van der Waals surface area contributed by atoms with Crippen LogP contribution in [-0.2, 0) is 4.79 Å². The summed E-state index contributed by atoms with van der Waals surface area (Å²) in [5.74, 6) is -0.308. The number of nitrogens with zero attached hydrogens (tertiary/aromatic N) is 1. The number of carbonyl (C=O) groups is 1. The number of hydrogen-bond acceptors (Lipinski definition) is 2. The highest BCUT2D eigenvalue weighted by Crippen LogP contribution is 2.39. The van der Waals surface area contributed by atoms with E-state index in [2.05, 4.69) is 10.3 Å².